The van der Waals surface area contributed by atoms with Crippen molar-refractivity contribution < 1.29 is 32.2 Å². The van der Waals surface area contributed by atoms with Crippen LogP contribution in [-0.2, 0) is 0 Å². The predicted molar refractivity (Wildman–Crippen MR) is 45.1 cm³/mol. The number of ether oxygens (including phenoxy) is 1. The lowest BCUT2D eigenvalue weighted by molar-refractivity contribution is -0.275. The molecule has 0 aromatic heterocycles. The van der Waals surface area contributed by atoms with Crippen molar-refractivity contribution in [3.63, 3.8) is 0 Å². The number of benzene rings is 1. The molecule has 0 aliphatic carbocycles. The van der Waals surface area contributed by atoms with Gasteiger partial charge in [-0.05, 0) is 12.1 Å². The lowest BCUT2D eigenvalue weighted by Gasteiger charge is -2.11. The zero-order valence-corrected chi connectivity index (χ0v) is 8.06. The number of aromatic carboxylic acids is 1. The Morgan fingerprint density at radius 1 is 1.38 bits per heavy atom. The summed E-state index contributed by atoms with van der Waals surface area (Å²) in [5.41, 5.74) is -1.07. The maximum Gasteiger partial charge on any atom is 0.573 e. The van der Waals surface area contributed by atoms with Gasteiger partial charge in [-0.15, -0.1) is 13.2 Å². The number of hydrogen-bond donors (Lipinski definition) is 1. The number of carbonyl (C=O) groups is 1. The molecule has 0 fully saturated rings. The molecule has 0 unspecified atom stereocenters. The summed E-state index contributed by atoms with van der Waals surface area (Å²) in [6, 6.07) is 1.40. The van der Waals surface area contributed by atoms with Gasteiger partial charge in [-0.3, -0.25) is 0 Å². The van der Waals surface area contributed by atoms with Crippen LogP contribution in [0.5, 0.6) is 5.75 Å². The highest BCUT2D eigenvalue weighted by Crippen LogP contribution is 2.31. The minimum absolute atomic E-state index is 0.514. The summed E-state index contributed by atoms with van der Waals surface area (Å²) in [4.78, 5) is 10.5. The molecule has 16 heavy (non-hydrogen) atoms. The average Bonchev–Trinajstić information content (AvgIpc) is 2.07. The standard InChI is InChI=1S/C8H3ClF4O3/c9-3-1-2-4(16-8(11,12)13)6(10)5(3)7(14)15/h1-2H,(H,14,15). The van der Waals surface area contributed by atoms with Gasteiger partial charge in [0.15, 0.2) is 11.6 Å². The van der Waals surface area contributed by atoms with Crippen molar-refractivity contribution >= 4 is 17.6 Å². The first kappa shape index (κ1) is 12.6. The van der Waals surface area contributed by atoms with Gasteiger partial charge in [-0.2, -0.15) is 0 Å². The molecule has 0 amide bonds. The maximum atomic E-state index is 13.2. The number of carboxylic acids is 1. The van der Waals surface area contributed by atoms with E-state index in [1.54, 1.807) is 0 Å². The molecule has 88 valence electrons. The number of hydrogen-bond acceptors (Lipinski definition) is 2. The van der Waals surface area contributed by atoms with Crippen LogP contribution in [-0.4, -0.2) is 17.4 Å². The van der Waals surface area contributed by atoms with E-state index in [0.29, 0.717) is 6.07 Å². The van der Waals surface area contributed by atoms with Crippen LogP contribution in [0.3, 0.4) is 0 Å². The third-order valence-corrected chi connectivity index (χ3v) is 1.81. The quantitative estimate of drug-likeness (QED) is 0.829. The number of carboxylic acid groups (broad SMARTS) is 1. The first-order chi connectivity index (χ1) is 7.22. The van der Waals surface area contributed by atoms with Crippen LogP contribution < -0.4 is 4.74 Å². The van der Waals surface area contributed by atoms with Crippen LogP contribution in [0.1, 0.15) is 10.4 Å². The normalized spacial score (nSPS) is 11.3. The molecule has 0 heterocycles. The molecule has 0 atom stereocenters. The molecule has 0 bridgehead atoms. The minimum atomic E-state index is -5.11. The van der Waals surface area contributed by atoms with Crippen LogP contribution in [0.15, 0.2) is 12.1 Å². The van der Waals surface area contributed by atoms with Gasteiger partial charge < -0.3 is 9.84 Å². The fraction of sp³-hybridized carbons (Fsp3) is 0.125. The second kappa shape index (κ2) is 4.17. The largest absolute Gasteiger partial charge is 0.573 e. The first-order valence-electron chi connectivity index (χ1n) is 3.69. The third kappa shape index (κ3) is 2.75. The SMILES string of the molecule is O=C(O)c1c(Cl)ccc(OC(F)(F)F)c1F. The zero-order valence-electron chi connectivity index (χ0n) is 7.31. The van der Waals surface area contributed by atoms with Crippen molar-refractivity contribution in [1.82, 2.24) is 0 Å². The molecule has 3 nitrogen and oxygen atoms in total. The summed E-state index contributed by atoms with van der Waals surface area (Å²) in [6.07, 6.45) is -5.11. The molecule has 0 aliphatic rings. The van der Waals surface area contributed by atoms with Crippen molar-refractivity contribution in [2.24, 2.45) is 0 Å². The molecule has 1 aromatic carbocycles. The lowest BCUT2D eigenvalue weighted by Crippen LogP contribution is -2.18. The van der Waals surface area contributed by atoms with Crippen molar-refractivity contribution in [3.8, 4) is 5.75 Å². The second-order valence-electron chi connectivity index (χ2n) is 2.59. The summed E-state index contributed by atoms with van der Waals surface area (Å²) in [7, 11) is 0. The van der Waals surface area contributed by atoms with Crippen molar-refractivity contribution in [2.75, 3.05) is 0 Å². The number of alkyl halides is 3. The van der Waals surface area contributed by atoms with Gasteiger partial charge in [-0.25, -0.2) is 9.18 Å². The Labute approximate surface area is 91.2 Å². The van der Waals surface area contributed by atoms with E-state index in [-0.39, 0.29) is 0 Å². The van der Waals surface area contributed by atoms with E-state index in [2.05, 4.69) is 4.74 Å². The van der Waals surface area contributed by atoms with E-state index >= 15 is 0 Å². The molecular formula is C8H3ClF4O3. The van der Waals surface area contributed by atoms with Gasteiger partial charge in [-0.1, -0.05) is 11.6 Å². The molecular weight excluding hydrogens is 256 g/mol. The highest BCUT2D eigenvalue weighted by molar-refractivity contribution is 6.33. The molecule has 1 rings (SSSR count). The van der Waals surface area contributed by atoms with E-state index in [1.807, 2.05) is 0 Å². The van der Waals surface area contributed by atoms with Gasteiger partial charge in [0.25, 0.3) is 0 Å². The minimum Gasteiger partial charge on any atom is -0.478 e. The molecule has 0 aliphatic heterocycles. The zero-order chi connectivity index (χ0) is 12.5. The Morgan fingerprint density at radius 3 is 2.38 bits per heavy atom. The first-order valence-corrected chi connectivity index (χ1v) is 4.07. The molecule has 1 aromatic rings. The van der Waals surface area contributed by atoms with Gasteiger partial charge in [0, 0.05) is 0 Å². The van der Waals surface area contributed by atoms with Gasteiger partial charge in [0.2, 0.25) is 0 Å². The van der Waals surface area contributed by atoms with Crippen LogP contribution >= 0.6 is 11.6 Å². The molecule has 1 N–H and O–H groups in total. The molecule has 0 radical (unpaired) electrons. The Morgan fingerprint density at radius 2 is 1.94 bits per heavy atom. The fourth-order valence-electron chi connectivity index (χ4n) is 0.933. The van der Waals surface area contributed by atoms with Crippen LogP contribution in [0.2, 0.25) is 5.02 Å². The molecule has 8 heteroatoms. The highest BCUT2D eigenvalue weighted by atomic mass is 35.5. The lowest BCUT2D eigenvalue weighted by atomic mass is 10.2. The smallest absolute Gasteiger partial charge is 0.478 e. The van der Waals surface area contributed by atoms with Crippen LogP contribution in [0.4, 0.5) is 17.6 Å². The van der Waals surface area contributed by atoms with Crippen LogP contribution in [0.25, 0.3) is 0 Å². The predicted octanol–water partition coefficient (Wildman–Crippen LogP) is 3.08. The van der Waals surface area contributed by atoms with E-state index in [1.165, 1.54) is 0 Å². The Kier molecular flexibility index (Phi) is 3.27. The summed E-state index contributed by atoms with van der Waals surface area (Å²) in [5.74, 6) is -4.69. The maximum absolute atomic E-state index is 13.2. The molecule has 0 spiro atoms. The Balaban J connectivity index is 3.24. The van der Waals surface area contributed by atoms with Gasteiger partial charge >= 0.3 is 12.3 Å². The summed E-state index contributed by atoms with van der Waals surface area (Å²) in [5, 5.41) is 7.99. The van der Waals surface area contributed by atoms with E-state index in [9.17, 15) is 22.4 Å². The van der Waals surface area contributed by atoms with E-state index in [0.717, 1.165) is 6.07 Å². The van der Waals surface area contributed by atoms with Crippen molar-refractivity contribution in [3.05, 3.63) is 28.5 Å². The summed E-state index contributed by atoms with van der Waals surface area (Å²) < 4.78 is 51.9. The van der Waals surface area contributed by atoms with E-state index in [4.69, 9.17) is 16.7 Å². The van der Waals surface area contributed by atoms with Crippen molar-refractivity contribution in [1.29, 1.82) is 0 Å². The monoisotopic (exact) mass is 258 g/mol. The summed E-state index contributed by atoms with van der Waals surface area (Å²) in [6.45, 7) is 0. The molecule has 0 saturated heterocycles. The average molecular weight is 259 g/mol. The highest BCUT2D eigenvalue weighted by Gasteiger charge is 2.33. The molecule has 0 saturated carbocycles. The third-order valence-electron chi connectivity index (χ3n) is 1.50. The Bertz CT molecular complexity index is 430. The van der Waals surface area contributed by atoms with Gasteiger partial charge in [0.1, 0.15) is 5.56 Å². The number of halogens is 5. The van der Waals surface area contributed by atoms with Crippen LogP contribution in [0, 0.1) is 5.82 Å². The summed E-state index contributed by atoms with van der Waals surface area (Å²) >= 11 is 5.31. The second-order valence-corrected chi connectivity index (χ2v) is 2.99. The number of rotatable bonds is 2. The fourth-order valence-corrected chi connectivity index (χ4v) is 1.16. The topological polar surface area (TPSA) is 46.5 Å². The van der Waals surface area contributed by atoms with Gasteiger partial charge in [0.05, 0.1) is 5.02 Å². The van der Waals surface area contributed by atoms with Crippen molar-refractivity contribution in [2.45, 2.75) is 6.36 Å². The van der Waals surface area contributed by atoms with E-state index < -0.39 is 34.5 Å². The Hall–Kier alpha value is -1.50.